The summed E-state index contributed by atoms with van der Waals surface area (Å²) in [7, 11) is 4.47. The summed E-state index contributed by atoms with van der Waals surface area (Å²) in [6.45, 7) is 11.3. The second-order valence-electron chi connectivity index (χ2n) is 19.8. The highest BCUT2D eigenvalue weighted by molar-refractivity contribution is 5.88. The number of nitrogens with zero attached hydrogens (tertiary/aromatic N) is 2. The maximum Gasteiger partial charge on any atom is 0.407 e. The van der Waals surface area contributed by atoms with Crippen LogP contribution in [0.15, 0.2) is 121 Å². The van der Waals surface area contributed by atoms with Gasteiger partial charge in [-0.1, -0.05) is 120 Å². The third-order valence-corrected chi connectivity index (χ3v) is 12.0. The first-order chi connectivity index (χ1) is 34.4. The standard InChI is InChI=1S/C56H73N7O9/c1-55(2,3)49(60-53(67)58-31-32-72-43-22-16-21-38(33-43)19-15-20-40-26-29-47(69-7)48(35-40)70-8)51(65)59-45(34-39-17-11-10-12-18-39)46(64)37-63(62-52(66)50(56(4,5)6)61-54(68)71-9)36-41-24-27-42(28-25-41)44-23-13-14-30-57-44/h10-14,16-18,21-30,33,35,45-46,49-50,64H,15,19-20,31-32,34,36-37H2,1-9H3,(H,59,65)(H,61,68)(H,62,66)(H2,58,60,67)/t45-,46-,49+,50+/m0/s1. The van der Waals surface area contributed by atoms with Gasteiger partial charge in [-0.3, -0.25) is 20.0 Å². The fourth-order valence-electron chi connectivity index (χ4n) is 8.04. The Morgan fingerprint density at radius 3 is 1.94 bits per heavy atom. The van der Waals surface area contributed by atoms with Crippen LogP contribution in [-0.4, -0.2) is 104 Å². The van der Waals surface area contributed by atoms with Crippen molar-refractivity contribution in [3.8, 4) is 28.5 Å². The SMILES string of the molecule is COC(=O)N[C@H](C(=O)NN(Cc1ccc(-c2ccccn2)cc1)C[C@H](O)[C@H](Cc1ccccc1)NC(=O)[C@@H](NC(=O)NCCOc1cccc(CCCc2ccc(OC)c(OC)c2)c1)C(C)(C)C)C(C)(C)C. The number of amides is 5. The minimum absolute atomic E-state index is 0.142. The molecule has 0 fully saturated rings. The van der Waals surface area contributed by atoms with Crippen LogP contribution in [0.3, 0.4) is 0 Å². The largest absolute Gasteiger partial charge is 0.493 e. The predicted molar refractivity (Wildman–Crippen MR) is 278 cm³/mol. The molecule has 386 valence electrons. The van der Waals surface area contributed by atoms with Crippen LogP contribution < -0.4 is 40.9 Å². The highest BCUT2D eigenvalue weighted by Crippen LogP contribution is 2.29. The number of ether oxygens (including phenoxy) is 4. The number of aliphatic hydroxyl groups is 1. The third-order valence-electron chi connectivity index (χ3n) is 12.0. The second-order valence-corrected chi connectivity index (χ2v) is 19.8. The lowest BCUT2D eigenvalue weighted by Crippen LogP contribution is -2.61. The summed E-state index contributed by atoms with van der Waals surface area (Å²) in [5.74, 6) is 1.04. The van der Waals surface area contributed by atoms with E-state index in [0.717, 1.165) is 52.8 Å². The number of aromatic nitrogens is 1. The van der Waals surface area contributed by atoms with Gasteiger partial charge in [-0.15, -0.1) is 0 Å². The van der Waals surface area contributed by atoms with E-state index in [9.17, 15) is 24.3 Å². The lowest BCUT2D eigenvalue weighted by Gasteiger charge is -2.36. The summed E-state index contributed by atoms with van der Waals surface area (Å²) in [5, 5.41) is 25.1. The molecular formula is C56H73N7O9. The predicted octanol–water partition coefficient (Wildman–Crippen LogP) is 7.43. The van der Waals surface area contributed by atoms with Gasteiger partial charge < -0.3 is 45.3 Å². The monoisotopic (exact) mass is 988 g/mol. The highest BCUT2D eigenvalue weighted by Gasteiger charge is 2.37. The van der Waals surface area contributed by atoms with Crippen molar-refractivity contribution in [3.05, 3.63) is 144 Å². The minimum atomic E-state index is -1.26. The second kappa shape index (κ2) is 26.9. The molecule has 16 nitrogen and oxygen atoms in total. The molecule has 5 aromatic rings. The number of rotatable bonds is 24. The van der Waals surface area contributed by atoms with E-state index < -0.39 is 59.0 Å². The molecule has 0 spiro atoms. The average Bonchev–Trinajstić information content (AvgIpc) is 3.35. The van der Waals surface area contributed by atoms with Crippen molar-refractivity contribution < 1.29 is 43.2 Å². The number of pyridine rings is 1. The number of hydrazine groups is 1. The molecule has 0 radical (unpaired) electrons. The highest BCUT2D eigenvalue weighted by atomic mass is 16.5. The molecule has 72 heavy (non-hydrogen) atoms. The van der Waals surface area contributed by atoms with Gasteiger partial charge in [-0.2, -0.15) is 0 Å². The van der Waals surface area contributed by atoms with Gasteiger partial charge in [0.05, 0.1) is 45.7 Å². The van der Waals surface area contributed by atoms with E-state index in [2.05, 4.69) is 37.7 Å². The maximum atomic E-state index is 14.4. The van der Waals surface area contributed by atoms with E-state index in [1.165, 1.54) is 7.11 Å². The summed E-state index contributed by atoms with van der Waals surface area (Å²) in [6, 6.07) is 33.1. The molecule has 4 atom stereocenters. The van der Waals surface area contributed by atoms with Crippen LogP contribution in [0.25, 0.3) is 11.3 Å². The van der Waals surface area contributed by atoms with Crippen LogP contribution in [0.4, 0.5) is 9.59 Å². The summed E-state index contributed by atoms with van der Waals surface area (Å²) >= 11 is 0. The first kappa shape index (κ1) is 55.8. The summed E-state index contributed by atoms with van der Waals surface area (Å²) in [5.41, 5.74) is 7.08. The fourth-order valence-corrected chi connectivity index (χ4v) is 8.04. The fraction of sp³-hybridized carbons (Fsp3) is 0.411. The van der Waals surface area contributed by atoms with Gasteiger partial charge in [0.25, 0.3) is 5.91 Å². The smallest absolute Gasteiger partial charge is 0.407 e. The molecule has 5 amide bonds. The quantitative estimate of drug-likeness (QED) is 0.0265. The molecular weight excluding hydrogens is 915 g/mol. The van der Waals surface area contributed by atoms with Crippen LogP contribution in [-0.2, 0) is 40.1 Å². The average molecular weight is 988 g/mol. The number of aryl methyl sites for hydroxylation is 2. The lowest BCUT2D eigenvalue weighted by molar-refractivity contribution is -0.132. The molecule has 0 aliphatic rings. The number of benzene rings is 4. The number of nitrogens with one attached hydrogen (secondary N) is 5. The summed E-state index contributed by atoms with van der Waals surface area (Å²) in [4.78, 5) is 58.7. The van der Waals surface area contributed by atoms with Crippen LogP contribution in [0.5, 0.6) is 17.2 Å². The Kier molecular flexibility index (Phi) is 20.8. The van der Waals surface area contributed by atoms with E-state index >= 15 is 0 Å². The molecule has 6 N–H and O–H groups in total. The summed E-state index contributed by atoms with van der Waals surface area (Å²) in [6.07, 6.45) is 2.55. The molecule has 16 heteroatoms. The van der Waals surface area contributed by atoms with Gasteiger partial charge in [0.15, 0.2) is 11.5 Å². The van der Waals surface area contributed by atoms with Crippen molar-refractivity contribution in [1.82, 2.24) is 36.7 Å². The maximum absolute atomic E-state index is 14.4. The number of aliphatic hydroxyl groups excluding tert-OH is 1. The van der Waals surface area contributed by atoms with Crippen molar-refractivity contribution in [2.24, 2.45) is 10.8 Å². The zero-order valence-corrected chi connectivity index (χ0v) is 43.1. The molecule has 0 aliphatic heterocycles. The van der Waals surface area contributed by atoms with Crippen molar-refractivity contribution in [2.75, 3.05) is 41.0 Å². The number of hydrogen-bond acceptors (Lipinski definition) is 11. The number of hydrogen-bond donors (Lipinski definition) is 6. The van der Waals surface area contributed by atoms with Gasteiger partial charge in [0, 0.05) is 24.8 Å². The van der Waals surface area contributed by atoms with Crippen LogP contribution in [0.1, 0.15) is 70.2 Å². The molecule has 1 aromatic heterocycles. The Morgan fingerprint density at radius 2 is 1.31 bits per heavy atom. The third kappa shape index (κ3) is 17.6. The van der Waals surface area contributed by atoms with Gasteiger partial charge >= 0.3 is 12.1 Å². The van der Waals surface area contributed by atoms with E-state index in [4.69, 9.17) is 18.9 Å². The Morgan fingerprint density at radius 1 is 0.667 bits per heavy atom. The van der Waals surface area contributed by atoms with Gasteiger partial charge in [-0.25, -0.2) is 14.6 Å². The number of carbonyl (C=O) groups excluding carboxylic acids is 4. The van der Waals surface area contributed by atoms with Crippen LogP contribution in [0.2, 0.25) is 0 Å². The number of methoxy groups -OCH3 is 3. The van der Waals surface area contributed by atoms with E-state index in [1.54, 1.807) is 25.4 Å². The molecule has 4 aromatic carbocycles. The molecule has 5 rings (SSSR count). The number of urea groups is 1. The topological polar surface area (TPSA) is 202 Å². The normalized spacial score (nSPS) is 13.2. The zero-order valence-electron chi connectivity index (χ0n) is 43.1. The van der Waals surface area contributed by atoms with Crippen molar-refractivity contribution >= 4 is 23.9 Å². The first-order valence-corrected chi connectivity index (χ1v) is 24.3. The van der Waals surface area contributed by atoms with Crippen LogP contribution >= 0.6 is 0 Å². The lowest BCUT2D eigenvalue weighted by atomic mass is 9.85. The van der Waals surface area contributed by atoms with Crippen molar-refractivity contribution in [2.45, 2.75) is 98.0 Å². The van der Waals surface area contributed by atoms with E-state index in [1.807, 2.05) is 151 Å². The number of alkyl carbamates (subject to hydrolysis) is 1. The zero-order chi connectivity index (χ0) is 52.3. The molecule has 0 saturated carbocycles. The molecule has 0 aliphatic carbocycles. The summed E-state index contributed by atoms with van der Waals surface area (Å²) < 4.78 is 21.6. The van der Waals surface area contributed by atoms with Gasteiger partial charge in [0.1, 0.15) is 24.4 Å². The molecule has 0 bridgehead atoms. The Bertz CT molecular complexity index is 2500. The first-order valence-electron chi connectivity index (χ1n) is 24.3. The van der Waals surface area contributed by atoms with Crippen molar-refractivity contribution in [1.29, 1.82) is 0 Å². The molecule has 0 unspecified atom stereocenters. The number of carbonyl (C=O) groups is 4. The Balaban J connectivity index is 1.25. The molecule has 1 heterocycles. The Hall–Kier alpha value is -7.17. The Labute approximate surface area is 424 Å². The van der Waals surface area contributed by atoms with E-state index in [-0.39, 0.29) is 32.7 Å². The van der Waals surface area contributed by atoms with Gasteiger partial charge in [-0.05, 0) is 95.2 Å². The molecule has 0 saturated heterocycles. The van der Waals surface area contributed by atoms with E-state index in [0.29, 0.717) is 17.2 Å². The van der Waals surface area contributed by atoms with Gasteiger partial charge in [0.2, 0.25) is 5.91 Å². The van der Waals surface area contributed by atoms with Crippen molar-refractivity contribution in [3.63, 3.8) is 0 Å². The van der Waals surface area contributed by atoms with Crippen LogP contribution in [0, 0.1) is 10.8 Å². The minimum Gasteiger partial charge on any atom is -0.493 e.